The third-order valence-corrected chi connectivity index (χ3v) is 3.87. The van der Waals surface area contributed by atoms with E-state index in [1.165, 1.54) is 16.7 Å². The Morgan fingerprint density at radius 2 is 1.95 bits per heavy atom. The summed E-state index contributed by atoms with van der Waals surface area (Å²) in [5.41, 5.74) is 5.65. The number of hydrogen-bond donors (Lipinski definition) is 1. The van der Waals surface area contributed by atoms with Crippen LogP contribution < -0.4 is 5.32 Å². The van der Waals surface area contributed by atoms with Crippen LogP contribution in [0.2, 0.25) is 0 Å². The molecule has 3 nitrogen and oxygen atoms in total. The van der Waals surface area contributed by atoms with E-state index in [1.54, 1.807) is 0 Å². The van der Waals surface area contributed by atoms with E-state index >= 15 is 0 Å². The van der Waals surface area contributed by atoms with Crippen molar-refractivity contribution in [1.82, 2.24) is 10.3 Å². The number of nitrogens with one attached hydrogen (secondary N) is 1. The smallest absolute Gasteiger partial charge is 0.197 e. The Bertz CT molecular complexity index is 728. The zero-order valence-electron chi connectivity index (χ0n) is 12.7. The van der Waals surface area contributed by atoms with Crippen LogP contribution in [0.1, 0.15) is 28.6 Å². The molecule has 1 unspecified atom stereocenters. The van der Waals surface area contributed by atoms with Crippen LogP contribution in [0, 0.1) is 13.8 Å². The van der Waals surface area contributed by atoms with Crippen LogP contribution in [0.3, 0.4) is 0 Å². The molecule has 3 heteroatoms. The third kappa shape index (κ3) is 2.83. The number of likely N-dealkylation sites (N-methyl/N-ethyl adjacent to an activating group) is 1. The second kappa shape index (κ2) is 5.70. The molecule has 1 N–H and O–H groups in total. The van der Waals surface area contributed by atoms with Crippen molar-refractivity contribution in [3.8, 4) is 0 Å². The van der Waals surface area contributed by atoms with Crippen molar-refractivity contribution < 1.29 is 4.42 Å². The topological polar surface area (TPSA) is 38.1 Å². The average molecular weight is 280 g/mol. The number of para-hydroxylation sites is 2. The maximum absolute atomic E-state index is 5.83. The number of aryl methyl sites for hydroxylation is 2. The normalized spacial score (nSPS) is 12.7. The SMILES string of the molecule is CNC(Cc1nc2ccccc2o1)c1ccc(C)cc1C. The van der Waals surface area contributed by atoms with Gasteiger partial charge in [-0.3, -0.25) is 0 Å². The molecule has 1 atom stereocenters. The highest BCUT2D eigenvalue weighted by molar-refractivity contribution is 5.72. The highest BCUT2D eigenvalue weighted by atomic mass is 16.3. The fraction of sp³-hybridized carbons (Fsp3) is 0.278. The lowest BCUT2D eigenvalue weighted by Gasteiger charge is -2.17. The summed E-state index contributed by atoms with van der Waals surface area (Å²) in [6.45, 7) is 4.27. The number of benzene rings is 2. The Labute approximate surface area is 125 Å². The minimum Gasteiger partial charge on any atom is -0.441 e. The van der Waals surface area contributed by atoms with Gasteiger partial charge in [-0.25, -0.2) is 4.98 Å². The van der Waals surface area contributed by atoms with Crippen molar-refractivity contribution in [1.29, 1.82) is 0 Å². The van der Waals surface area contributed by atoms with Gasteiger partial charge in [0.05, 0.1) is 0 Å². The summed E-state index contributed by atoms with van der Waals surface area (Å²) in [4.78, 5) is 4.57. The van der Waals surface area contributed by atoms with Crippen molar-refractivity contribution in [2.45, 2.75) is 26.3 Å². The van der Waals surface area contributed by atoms with Crippen LogP contribution in [0.5, 0.6) is 0 Å². The Morgan fingerprint density at radius 1 is 1.14 bits per heavy atom. The molecule has 1 aromatic heterocycles. The number of nitrogens with zero attached hydrogens (tertiary/aromatic N) is 1. The Kier molecular flexibility index (Phi) is 3.76. The van der Waals surface area contributed by atoms with E-state index in [0.717, 1.165) is 23.4 Å². The summed E-state index contributed by atoms with van der Waals surface area (Å²) in [5, 5.41) is 3.37. The maximum atomic E-state index is 5.83. The first-order valence-electron chi connectivity index (χ1n) is 7.26. The summed E-state index contributed by atoms with van der Waals surface area (Å²) in [5.74, 6) is 0.774. The number of rotatable bonds is 4. The van der Waals surface area contributed by atoms with Gasteiger partial charge >= 0.3 is 0 Å². The molecule has 2 aromatic carbocycles. The van der Waals surface area contributed by atoms with Crippen molar-refractivity contribution in [3.05, 3.63) is 65.0 Å². The number of hydrogen-bond acceptors (Lipinski definition) is 3. The largest absolute Gasteiger partial charge is 0.441 e. The summed E-state index contributed by atoms with van der Waals surface area (Å²) < 4.78 is 5.83. The predicted octanol–water partition coefficient (Wildman–Crippen LogP) is 3.95. The zero-order chi connectivity index (χ0) is 14.8. The van der Waals surface area contributed by atoms with E-state index in [0.29, 0.717) is 0 Å². The Balaban J connectivity index is 1.90. The lowest BCUT2D eigenvalue weighted by molar-refractivity contribution is 0.473. The molecule has 3 rings (SSSR count). The van der Waals surface area contributed by atoms with Gasteiger partial charge in [0.2, 0.25) is 0 Å². The monoisotopic (exact) mass is 280 g/mol. The van der Waals surface area contributed by atoms with Gasteiger partial charge in [-0.1, -0.05) is 35.9 Å². The molecule has 0 amide bonds. The summed E-state index contributed by atoms with van der Waals surface area (Å²) in [6, 6.07) is 14.6. The van der Waals surface area contributed by atoms with Gasteiger partial charge in [-0.2, -0.15) is 0 Å². The van der Waals surface area contributed by atoms with Crippen LogP contribution >= 0.6 is 0 Å². The van der Waals surface area contributed by atoms with E-state index in [1.807, 2.05) is 31.3 Å². The number of oxazole rings is 1. The highest BCUT2D eigenvalue weighted by Crippen LogP contribution is 2.24. The van der Waals surface area contributed by atoms with E-state index in [-0.39, 0.29) is 6.04 Å². The quantitative estimate of drug-likeness (QED) is 0.786. The molecule has 0 aliphatic carbocycles. The number of fused-ring (bicyclic) bond motifs is 1. The van der Waals surface area contributed by atoms with E-state index in [4.69, 9.17) is 4.42 Å². The Morgan fingerprint density at radius 3 is 2.67 bits per heavy atom. The summed E-state index contributed by atoms with van der Waals surface area (Å²) >= 11 is 0. The molecular weight excluding hydrogens is 260 g/mol. The van der Waals surface area contributed by atoms with E-state index in [9.17, 15) is 0 Å². The summed E-state index contributed by atoms with van der Waals surface area (Å²) in [6.07, 6.45) is 0.745. The first-order chi connectivity index (χ1) is 10.2. The predicted molar refractivity (Wildman–Crippen MR) is 85.4 cm³/mol. The first-order valence-corrected chi connectivity index (χ1v) is 7.26. The van der Waals surface area contributed by atoms with Crippen LogP contribution in [0.15, 0.2) is 46.9 Å². The van der Waals surface area contributed by atoms with Gasteiger partial charge in [-0.15, -0.1) is 0 Å². The average Bonchev–Trinajstić information content (AvgIpc) is 2.87. The fourth-order valence-corrected chi connectivity index (χ4v) is 2.77. The minimum atomic E-state index is 0.207. The molecule has 0 spiro atoms. The molecule has 0 aliphatic heterocycles. The lowest BCUT2D eigenvalue weighted by atomic mass is 9.97. The standard InChI is InChI=1S/C18H20N2O/c1-12-8-9-14(13(2)10-12)16(19-3)11-18-20-15-6-4-5-7-17(15)21-18/h4-10,16,19H,11H2,1-3H3. The minimum absolute atomic E-state index is 0.207. The second-order valence-electron chi connectivity index (χ2n) is 5.48. The number of aromatic nitrogens is 1. The molecule has 108 valence electrons. The molecule has 0 saturated heterocycles. The molecule has 21 heavy (non-hydrogen) atoms. The maximum Gasteiger partial charge on any atom is 0.197 e. The molecule has 3 aromatic rings. The van der Waals surface area contributed by atoms with Gasteiger partial charge < -0.3 is 9.73 Å². The van der Waals surface area contributed by atoms with Gasteiger partial charge in [-0.05, 0) is 44.2 Å². The van der Waals surface area contributed by atoms with Crippen LogP contribution in [0.4, 0.5) is 0 Å². The molecular formula is C18H20N2O. The van der Waals surface area contributed by atoms with Crippen molar-refractivity contribution in [3.63, 3.8) is 0 Å². The highest BCUT2D eigenvalue weighted by Gasteiger charge is 2.16. The van der Waals surface area contributed by atoms with Gasteiger partial charge in [0, 0.05) is 12.5 Å². The summed E-state index contributed by atoms with van der Waals surface area (Å²) in [7, 11) is 1.98. The Hall–Kier alpha value is -2.13. The molecule has 0 fully saturated rings. The molecule has 0 radical (unpaired) electrons. The lowest BCUT2D eigenvalue weighted by Crippen LogP contribution is -2.20. The molecule has 0 saturated carbocycles. The molecule has 1 heterocycles. The zero-order valence-corrected chi connectivity index (χ0v) is 12.7. The third-order valence-electron chi connectivity index (χ3n) is 3.87. The van der Waals surface area contributed by atoms with Gasteiger partial charge in [0.1, 0.15) is 5.52 Å². The first kappa shape index (κ1) is 13.8. The van der Waals surface area contributed by atoms with Crippen LogP contribution in [-0.2, 0) is 6.42 Å². The van der Waals surface area contributed by atoms with Crippen molar-refractivity contribution in [2.75, 3.05) is 7.05 Å². The van der Waals surface area contributed by atoms with Gasteiger partial charge in [0.25, 0.3) is 0 Å². The molecule has 0 bridgehead atoms. The van der Waals surface area contributed by atoms with Crippen LogP contribution in [0.25, 0.3) is 11.1 Å². The van der Waals surface area contributed by atoms with Crippen LogP contribution in [-0.4, -0.2) is 12.0 Å². The molecule has 0 aliphatic rings. The van der Waals surface area contributed by atoms with E-state index in [2.05, 4.69) is 42.3 Å². The van der Waals surface area contributed by atoms with Crippen molar-refractivity contribution in [2.24, 2.45) is 0 Å². The second-order valence-corrected chi connectivity index (χ2v) is 5.48. The van der Waals surface area contributed by atoms with E-state index < -0.39 is 0 Å². The fourth-order valence-electron chi connectivity index (χ4n) is 2.77. The van der Waals surface area contributed by atoms with Crippen molar-refractivity contribution >= 4 is 11.1 Å². The van der Waals surface area contributed by atoms with Gasteiger partial charge in [0.15, 0.2) is 11.5 Å².